The third kappa shape index (κ3) is 4.63. The maximum absolute atomic E-state index is 13.8. The number of amides is 1. The van der Waals surface area contributed by atoms with Crippen molar-refractivity contribution < 1.29 is 13.2 Å². The molecule has 0 saturated carbocycles. The highest BCUT2D eigenvalue weighted by Gasteiger charge is 2.33. The highest BCUT2D eigenvalue weighted by Crippen LogP contribution is 2.35. The lowest BCUT2D eigenvalue weighted by Crippen LogP contribution is -2.40. The first-order chi connectivity index (χ1) is 16.6. The summed E-state index contributed by atoms with van der Waals surface area (Å²) >= 11 is 6.23. The number of likely N-dealkylation sites (tertiary alicyclic amines) is 1. The standard InChI is InChI=1S/C25H30ClN5O3S/c1-16-17(2)27-23-14-21(28-31(23)24(16)29-10-6-11-29)22-7-4-5-12-30(22)25(32)20-13-19(26)9-8-18(20)15-35(3,33)34/h8-9,13-14,22H,4-7,10-12,15H2,1-3H3/t22-/m0/s1. The topological polar surface area (TPSA) is 87.9 Å². The Kier molecular flexibility index (Phi) is 6.25. The quantitative estimate of drug-likeness (QED) is 0.508. The number of rotatable bonds is 5. The van der Waals surface area contributed by atoms with Gasteiger partial charge in [0.1, 0.15) is 5.82 Å². The van der Waals surface area contributed by atoms with Gasteiger partial charge in [0.2, 0.25) is 0 Å². The molecule has 2 fully saturated rings. The lowest BCUT2D eigenvalue weighted by molar-refractivity contribution is 0.0605. The van der Waals surface area contributed by atoms with E-state index in [2.05, 4.69) is 11.8 Å². The van der Waals surface area contributed by atoms with E-state index in [0.717, 1.165) is 67.2 Å². The van der Waals surface area contributed by atoms with Crippen LogP contribution in [0.1, 0.15) is 64.6 Å². The van der Waals surface area contributed by atoms with Crippen LogP contribution < -0.4 is 4.90 Å². The van der Waals surface area contributed by atoms with Gasteiger partial charge in [-0.05, 0) is 57.2 Å². The van der Waals surface area contributed by atoms with Gasteiger partial charge < -0.3 is 9.80 Å². The van der Waals surface area contributed by atoms with Crippen LogP contribution in [0.15, 0.2) is 24.3 Å². The Labute approximate surface area is 210 Å². The van der Waals surface area contributed by atoms with E-state index in [1.54, 1.807) is 18.2 Å². The van der Waals surface area contributed by atoms with Gasteiger partial charge in [-0.15, -0.1) is 0 Å². The molecule has 186 valence electrons. The van der Waals surface area contributed by atoms with Crippen LogP contribution in [-0.2, 0) is 15.6 Å². The molecule has 0 aliphatic carbocycles. The molecule has 2 aromatic heterocycles. The Morgan fingerprint density at radius 3 is 2.57 bits per heavy atom. The molecule has 1 aromatic carbocycles. The molecule has 5 rings (SSSR count). The summed E-state index contributed by atoms with van der Waals surface area (Å²) in [5.74, 6) is 0.653. The summed E-state index contributed by atoms with van der Waals surface area (Å²) in [5.41, 5.74) is 4.49. The van der Waals surface area contributed by atoms with Crippen molar-refractivity contribution >= 4 is 38.8 Å². The smallest absolute Gasteiger partial charge is 0.254 e. The van der Waals surface area contributed by atoms with Gasteiger partial charge in [0.05, 0.1) is 17.5 Å². The van der Waals surface area contributed by atoms with Crippen LogP contribution in [0.5, 0.6) is 0 Å². The number of carbonyl (C=O) groups is 1. The molecule has 35 heavy (non-hydrogen) atoms. The van der Waals surface area contributed by atoms with E-state index in [0.29, 0.717) is 22.7 Å². The summed E-state index contributed by atoms with van der Waals surface area (Å²) < 4.78 is 25.9. The summed E-state index contributed by atoms with van der Waals surface area (Å²) in [6.45, 7) is 6.67. The van der Waals surface area contributed by atoms with Gasteiger partial charge in [-0.3, -0.25) is 4.79 Å². The van der Waals surface area contributed by atoms with Crippen LogP contribution in [0, 0.1) is 13.8 Å². The fourth-order valence-corrected chi connectivity index (χ4v) is 6.04. The van der Waals surface area contributed by atoms with E-state index in [4.69, 9.17) is 21.7 Å². The summed E-state index contributed by atoms with van der Waals surface area (Å²) in [6, 6.07) is 6.61. The van der Waals surface area contributed by atoms with Gasteiger partial charge in [-0.25, -0.2) is 13.4 Å². The number of fused-ring (bicyclic) bond motifs is 1. The zero-order chi connectivity index (χ0) is 24.9. The van der Waals surface area contributed by atoms with Gasteiger partial charge in [0.25, 0.3) is 5.91 Å². The van der Waals surface area contributed by atoms with Crippen molar-refractivity contribution in [2.45, 2.75) is 51.3 Å². The first-order valence-electron chi connectivity index (χ1n) is 12.0. The SMILES string of the molecule is Cc1nc2cc([C@@H]3CCCCN3C(=O)c3cc(Cl)ccc3CS(C)(=O)=O)nn2c(N2CCC2)c1C. The molecule has 2 saturated heterocycles. The first-order valence-corrected chi connectivity index (χ1v) is 14.4. The van der Waals surface area contributed by atoms with Crippen molar-refractivity contribution in [3.05, 3.63) is 57.4 Å². The van der Waals surface area contributed by atoms with E-state index in [9.17, 15) is 13.2 Å². The fraction of sp³-hybridized carbons (Fsp3) is 0.480. The molecule has 4 heterocycles. The summed E-state index contributed by atoms with van der Waals surface area (Å²) in [4.78, 5) is 22.7. The predicted molar refractivity (Wildman–Crippen MR) is 137 cm³/mol. The van der Waals surface area contributed by atoms with Gasteiger partial charge in [-0.1, -0.05) is 17.7 Å². The predicted octanol–water partition coefficient (Wildman–Crippen LogP) is 4.12. The summed E-state index contributed by atoms with van der Waals surface area (Å²) in [7, 11) is -3.32. The van der Waals surface area contributed by atoms with E-state index in [1.807, 2.05) is 22.4 Å². The number of aromatic nitrogens is 3. The lowest BCUT2D eigenvalue weighted by Gasteiger charge is -2.35. The van der Waals surface area contributed by atoms with Crippen molar-refractivity contribution in [3.8, 4) is 0 Å². The molecule has 1 amide bonds. The van der Waals surface area contributed by atoms with Crippen LogP contribution in [0.4, 0.5) is 5.82 Å². The lowest BCUT2D eigenvalue weighted by atomic mass is 9.97. The second kappa shape index (κ2) is 9.09. The summed E-state index contributed by atoms with van der Waals surface area (Å²) in [6.07, 6.45) is 4.99. The number of benzene rings is 1. The maximum atomic E-state index is 13.8. The minimum absolute atomic E-state index is 0.209. The number of piperidine rings is 1. The highest BCUT2D eigenvalue weighted by atomic mass is 35.5. The van der Waals surface area contributed by atoms with Gasteiger partial charge in [0, 0.05) is 53.8 Å². The average molecular weight is 516 g/mol. The van der Waals surface area contributed by atoms with Gasteiger partial charge >= 0.3 is 0 Å². The van der Waals surface area contributed by atoms with E-state index in [1.165, 1.54) is 6.26 Å². The van der Waals surface area contributed by atoms with E-state index in [-0.39, 0.29) is 17.7 Å². The molecular weight excluding hydrogens is 486 g/mol. The molecule has 1 atom stereocenters. The molecule has 2 aliphatic heterocycles. The molecule has 0 unspecified atom stereocenters. The van der Waals surface area contributed by atoms with Gasteiger partial charge in [0.15, 0.2) is 15.5 Å². The second-order valence-electron chi connectivity index (χ2n) is 9.71. The van der Waals surface area contributed by atoms with Crippen LogP contribution in [-0.4, -0.2) is 59.7 Å². The van der Waals surface area contributed by atoms with E-state index < -0.39 is 9.84 Å². The third-order valence-electron chi connectivity index (χ3n) is 7.05. The molecule has 0 N–H and O–H groups in total. The molecule has 8 nitrogen and oxygen atoms in total. The zero-order valence-corrected chi connectivity index (χ0v) is 21.9. The van der Waals surface area contributed by atoms with Gasteiger partial charge in [-0.2, -0.15) is 9.61 Å². The third-order valence-corrected chi connectivity index (χ3v) is 8.12. The van der Waals surface area contributed by atoms with Crippen LogP contribution in [0.3, 0.4) is 0 Å². The number of hydrogen-bond donors (Lipinski definition) is 0. The first kappa shape index (κ1) is 24.1. The Hall–Kier alpha value is -2.65. The number of sulfone groups is 1. The van der Waals surface area contributed by atoms with Crippen molar-refractivity contribution in [1.82, 2.24) is 19.5 Å². The molecular formula is C25H30ClN5O3S. The second-order valence-corrected chi connectivity index (χ2v) is 12.3. The Bertz CT molecular complexity index is 1410. The number of anilines is 1. The van der Waals surface area contributed by atoms with Crippen LogP contribution in [0.25, 0.3) is 5.65 Å². The fourth-order valence-electron chi connectivity index (χ4n) is 5.06. The highest BCUT2D eigenvalue weighted by molar-refractivity contribution is 7.89. The van der Waals surface area contributed by atoms with Crippen LogP contribution in [0.2, 0.25) is 5.02 Å². The monoisotopic (exact) mass is 515 g/mol. The minimum Gasteiger partial charge on any atom is -0.356 e. The minimum atomic E-state index is -3.32. The molecule has 0 radical (unpaired) electrons. The number of nitrogens with zero attached hydrogens (tertiary/aromatic N) is 5. The Balaban J connectivity index is 1.55. The zero-order valence-electron chi connectivity index (χ0n) is 20.3. The van der Waals surface area contributed by atoms with Crippen molar-refractivity contribution in [1.29, 1.82) is 0 Å². The van der Waals surface area contributed by atoms with Crippen molar-refractivity contribution in [2.75, 3.05) is 30.8 Å². The molecule has 0 spiro atoms. The number of carbonyl (C=O) groups excluding carboxylic acids is 1. The maximum Gasteiger partial charge on any atom is 0.254 e. The van der Waals surface area contributed by atoms with Crippen molar-refractivity contribution in [2.24, 2.45) is 0 Å². The normalized spacial score (nSPS) is 18.7. The van der Waals surface area contributed by atoms with E-state index >= 15 is 0 Å². The molecule has 3 aromatic rings. The molecule has 0 bridgehead atoms. The Morgan fingerprint density at radius 2 is 1.89 bits per heavy atom. The Morgan fingerprint density at radius 1 is 1.11 bits per heavy atom. The van der Waals surface area contributed by atoms with Crippen molar-refractivity contribution in [3.63, 3.8) is 0 Å². The summed E-state index contributed by atoms with van der Waals surface area (Å²) in [5, 5.41) is 5.37. The average Bonchev–Trinajstić information content (AvgIpc) is 3.18. The molecule has 2 aliphatic rings. The number of halogens is 1. The number of hydrogen-bond acceptors (Lipinski definition) is 6. The largest absolute Gasteiger partial charge is 0.356 e. The van der Waals surface area contributed by atoms with Crippen LogP contribution >= 0.6 is 11.6 Å². The number of aryl methyl sites for hydroxylation is 1. The molecule has 10 heteroatoms.